The lowest BCUT2D eigenvalue weighted by molar-refractivity contribution is -0.180. The number of H-pyrrole nitrogens is 1. The Kier molecular flexibility index (Phi) is 9.19. The van der Waals surface area contributed by atoms with Crippen molar-refractivity contribution in [2.75, 3.05) is 27.4 Å². The summed E-state index contributed by atoms with van der Waals surface area (Å²) in [6.45, 7) is 0.162. The zero-order valence-corrected chi connectivity index (χ0v) is 31.7. The highest BCUT2D eigenvalue weighted by Crippen LogP contribution is 2.60. The standard InChI is InChI=1S/C45H47N3O8/c1-53-35-14-10-33(11-15-35)45(32-8-4-3-5-9-32,34-12-16-36(54-2)17-13-34)26-44-27-55-37(38(44)49)40(56-44)48-25-31(39(50)47-42(48)52)7-6-18-46-41(51)43-22-28-19-29(23-43)21-30(20-28)24-43/h3-5,8-17,25,28-30,37-38,40,49H,18-24,26-27H2,1-2H3,(H,46,51)(H,47,50,52)/t28?,29?,30?,37?,38-,40-,43?,44?/m1/s1. The number of fused-ring (bicyclic) bond motifs is 2. The molecule has 3 heterocycles. The van der Waals surface area contributed by atoms with Crippen LogP contribution in [0.2, 0.25) is 0 Å². The van der Waals surface area contributed by atoms with Gasteiger partial charge in [-0.25, -0.2) is 4.79 Å². The average Bonchev–Trinajstić information content (AvgIpc) is 3.66. The van der Waals surface area contributed by atoms with Gasteiger partial charge in [-0.05, 0) is 104 Å². The van der Waals surface area contributed by atoms with E-state index in [-0.39, 0.29) is 36.5 Å². The van der Waals surface area contributed by atoms with Gasteiger partial charge in [-0.3, -0.25) is 19.1 Å². The Labute approximate surface area is 325 Å². The lowest BCUT2D eigenvalue weighted by atomic mass is 9.49. The van der Waals surface area contributed by atoms with Crippen molar-refractivity contribution >= 4 is 5.91 Å². The van der Waals surface area contributed by atoms with Crippen LogP contribution in [0.3, 0.4) is 0 Å². The van der Waals surface area contributed by atoms with Gasteiger partial charge in [-0.2, -0.15) is 0 Å². The highest BCUT2D eigenvalue weighted by molar-refractivity contribution is 5.83. The number of aromatic nitrogens is 2. The molecule has 6 fully saturated rings. The molecule has 10 rings (SSSR count). The summed E-state index contributed by atoms with van der Waals surface area (Å²) in [6.07, 6.45) is 5.12. The molecule has 290 valence electrons. The van der Waals surface area contributed by atoms with Crippen LogP contribution in [0.1, 0.15) is 73.4 Å². The second-order valence-electron chi connectivity index (χ2n) is 16.6. The first-order chi connectivity index (χ1) is 27.1. The van der Waals surface area contributed by atoms with Crippen molar-refractivity contribution in [2.45, 2.75) is 74.4 Å². The molecule has 3 aromatic carbocycles. The largest absolute Gasteiger partial charge is 0.497 e. The van der Waals surface area contributed by atoms with Crippen LogP contribution in [0.25, 0.3) is 0 Å². The molecule has 0 radical (unpaired) electrons. The number of aliphatic hydroxyl groups excluding tert-OH is 1. The summed E-state index contributed by atoms with van der Waals surface area (Å²) in [7, 11) is 3.25. The molecule has 0 spiro atoms. The number of carbonyl (C=O) groups excluding carboxylic acids is 1. The molecule has 11 heteroatoms. The molecular formula is C45H47N3O8. The molecule has 1 aromatic heterocycles. The van der Waals surface area contributed by atoms with E-state index in [2.05, 4.69) is 34.3 Å². The summed E-state index contributed by atoms with van der Waals surface area (Å²) in [6, 6.07) is 25.7. The smallest absolute Gasteiger partial charge is 0.330 e. The predicted octanol–water partition coefficient (Wildman–Crippen LogP) is 4.69. The summed E-state index contributed by atoms with van der Waals surface area (Å²) in [5.74, 6) is 9.21. The van der Waals surface area contributed by atoms with E-state index in [4.69, 9.17) is 18.9 Å². The van der Waals surface area contributed by atoms with Crippen molar-refractivity contribution in [1.82, 2.24) is 14.9 Å². The Hall–Kier alpha value is -5.15. The molecule has 2 unspecified atom stereocenters. The molecule has 4 aliphatic carbocycles. The van der Waals surface area contributed by atoms with Gasteiger partial charge in [0, 0.05) is 17.0 Å². The number of amides is 1. The molecule has 11 nitrogen and oxygen atoms in total. The third kappa shape index (κ3) is 6.06. The van der Waals surface area contributed by atoms with Crippen molar-refractivity contribution in [3.63, 3.8) is 0 Å². The Bertz CT molecular complexity index is 2210. The first-order valence-corrected chi connectivity index (χ1v) is 19.6. The van der Waals surface area contributed by atoms with Crippen molar-refractivity contribution in [1.29, 1.82) is 0 Å². The lowest BCUT2D eigenvalue weighted by Gasteiger charge is -2.55. The van der Waals surface area contributed by atoms with E-state index in [1.54, 1.807) is 14.2 Å². The number of methoxy groups -OCH3 is 2. The second-order valence-corrected chi connectivity index (χ2v) is 16.6. The topological polar surface area (TPSA) is 141 Å². The maximum absolute atomic E-state index is 13.5. The quantitative estimate of drug-likeness (QED) is 0.157. The zero-order chi connectivity index (χ0) is 38.7. The summed E-state index contributed by atoms with van der Waals surface area (Å²) >= 11 is 0. The van der Waals surface area contributed by atoms with Gasteiger partial charge in [0.1, 0.15) is 34.9 Å². The maximum Gasteiger partial charge on any atom is 0.330 e. The van der Waals surface area contributed by atoms with Crippen molar-refractivity contribution < 1.29 is 28.8 Å². The molecule has 1 amide bonds. The Morgan fingerprint density at radius 3 is 2.04 bits per heavy atom. The van der Waals surface area contributed by atoms with Crippen molar-refractivity contribution in [3.8, 4) is 23.3 Å². The van der Waals surface area contributed by atoms with Crippen LogP contribution in [0.15, 0.2) is 94.6 Å². The monoisotopic (exact) mass is 757 g/mol. The molecule has 2 saturated heterocycles. The number of nitrogens with zero attached hydrogens (tertiary/aromatic N) is 1. The first-order valence-electron chi connectivity index (χ1n) is 19.6. The maximum atomic E-state index is 13.5. The highest BCUT2D eigenvalue weighted by atomic mass is 16.6. The minimum absolute atomic E-state index is 0.0404. The van der Waals surface area contributed by atoms with E-state index in [1.807, 2.05) is 66.7 Å². The van der Waals surface area contributed by atoms with Crippen molar-refractivity contribution in [3.05, 3.63) is 128 Å². The van der Waals surface area contributed by atoms with Crippen LogP contribution < -0.4 is 26.0 Å². The van der Waals surface area contributed by atoms with Crippen LogP contribution in [0.5, 0.6) is 11.5 Å². The molecule has 4 saturated carbocycles. The normalized spacial score (nSPS) is 29.8. The van der Waals surface area contributed by atoms with E-state index < -0.39 is 40.7 Å². The van der Waals surface area contributed by atoms with Crippen LogP contribution in [0.4, 0.5) is 0 Å². The third-order valence-electron chi connectivity index (χ3n) is 13.3. The number of ether oxygens (including phenoxy) is 4. The van der Waals surface area contributed by atoms with Crippen LogP contribution in [-0.4, -0.2) is 65.7 Å². The third-order valence-corrected chi connectivity index (χ3v) is 13.3. The van der Waals surface area contributed by atoms with Gasteiger partial charge in [-0.15, -0.1) is 0 Å². The molecule has 3 N–H and O–H groups in total. The molecule has 4 atom stereocenters. The summed E-state index contributed by atoms with van der Waals surface area (Å²) in [5.41, 5.74) is -0.932. The van der Waals surface area contributed by atoms with Gasteiger partial charge in [0.25, 0.3) is 5.56 Å². The molecule has 6 aliphatic rings. The van der Waals surface area contributed by atoms with Gasteiger partial charge in [-0.1, -0.05) is 66.4 Å². The predicted molar refractivity (Wildman–Crippen MR) is 207 cm³/mol. The number of aliphatic hydroxyl groups is 1. The minimum Gasteiger partial charge on any atom is -0.497 e. The molecular weight excluding hydrogens is 711 g/mol. The summed E-state index contributed by atoms with van der Waals surface area (Å²) in [5, 5.41) is 15.1. The SMILES string of the molecule is COc1ccc(C(CC23COC([C@H](n4cc(C#CCNC(=O)C56CC7CC(CC(C7)C5)C6)c(=O)[nH]c4=O)O2)[C@H]3O)(c2ccccc2)c2ccc(OC)cc2)cc1. The van der Waals surface area contributed by atoms with Crippen LogP contribution >= 0.6 is 0 Å². The highest BCUT2D eigenvalue weighted by Gasteiger charge is 2.64. The van der Waals surface area contributed by atoms with Gasteiger partial charge in [0.05, 0.1) is 27.4 Å². The Morgan fingerprint density at radius 2 is 1.46 bits per heavy atom. The van der Waals surface area contributed by atoms with Gasteiger partial charge < -0.3 is 29.4 Å². The number of hydrogen-bond acceptors (Lipinski definition) is 8. The van der Waals surface area contributed by atoms with Gasteiger partial charge in [0.15, 0.2) is 6.23 Å². The van der Waals surface area contributed by atoms with Gasteiger partial charge >= 0.3 is 5.69 Å². The number of nitrogens with one attached hydrogen (secondary N) is 2. The van der Waals surface area contributed by atoms with E-state index in [1.165, 1.54) is 30.0 Å². The average molecular weight is 758 g/mol. The fourth-order valence-corrected chi connectivity index (χ4v) is 11.1. The van der Waals surface area contributed by atoms with E-state index in [0.29, 0.717) is 29.3 Å². The van der Waals surface area contributed by atoms with Crippen LogP contribution in [0, 0.1) is 35.0 Å². The number of aromatic amines is 1. The van der Waals surface area contributed by atoms with E-state index in [9.17, 15) is 19.5 Å². The number of carbonyl (C=O) groups is 1. The van der Waals surface area contributed by atoms with Gasteiger partial charge in [0.2, 0.25) is 5.91 Å². The Morgan fingerprint density at radius 1 is 0.893 bits per heavy atom. The second kappa shape index (κ2) is 14.1. The number of hydrogen-bond donors (Lipinski definition) is 3. The summed E-state index contributed by atoms with van der Waals surface area (Å²) in [4.78, 5) is 42.3. The Balaban J connectivity index is 1.02. The van der Waals surface area contributed by atoms with E-state index in [0.717, 1.165) is 36.0 Å². The van der Waals surface area contributed by atoms with Crippen LogP contribution in [-0.2, 0) is 19.7 Å². The lowest BCUT2D eigenvalue weighted by Crippen LogP contribution is -2.53. The number of rotatable bonds is 10. The van der Waals surface area contributed by atoms with Crippen molar-refractivity contribution in [2.24, 2.45) is 23.2 Å². The fourth-order valence-electron chi connectivity index (χ4n) is 11.1. The summed E-state index contributed by atoms with van der Waals surface area (Å²) < 4.78 is 25.4. The minimum atomic E-state index is -1.27. The zero-order valence-electron chi connectivity index (χ0n) is 31.7. The van der Waals surface area contributed by atoms with E-state index >= 15 is 0 Å². The molecule has 56 heavy (non-hydrogen) atoms. The number of benzene rings is 3. The fraction of sp³-hybridized carbons (Fsp3) is 0.444. The first kappa shape index (κ1) is 36.5. The molecule has 2 aliphatic heterocycles. The molecule has 4 aromatic rings. The molecule has 6 bridgehead atoms.